The summed E-state index contributed by atoms with van der Waals surface area (Å²) in [6, 6.07) is 11.2. The van der Waals surface area contributed by atoms with Gasteiger partial charge in [-0.25, -0.2) is 18.4 Å². The van der Waals surface area contributed by atoms with Gasteiger partial charge in [-0.1, -0.05) is 24.3 Å². The summed E-state index contributed by atoms with van der Waals surface area (Å²) in [6.45, 7) is -0.436. The molecule has 0 atom stereocenters. The fraction of sp³-hybridized carbons (Fsp3) is 0.0625. The number of nitrogens with zero attached hydrogens (tertiary/aromatic N) is 3. The summed E-state index contributed by atoms with van der Waals surface area (Å²) in [4.78, 5) is 15.2. The zero-order valence-corrected chi connectivity index (χ0v) is 11.8. The van der Waals surface area contributed by atoms with E-state index in [1.807, 2.05) is 0 Å². The van der Waals surface area contributed by atoms with E-state index in [0.29, 0.717) is 11.1 Å². The van der Waals surface area contributed by atoms with Crippen LogP contribution in [0, 0.1) is 11.6 Å². The molecule has 0 saturated heterocycles. The Hall–Kier alpha value is -3.09. The fourth-order valence-electron chi connectivity index (χ4n) is 2.17. The summed E-state index contributed by atoms with van der Waals surface area (Å²) in [5.74, 6) is -1.67. The highest BCUT2D eigenvalue weighted by molar-refractivity contribution is 5.69. The number of carbonyl (C=O) groups is 1. The Kier molecular flexibility index (Phi) is 3.84. The molecule has 0 bridgehead atoms. The maximum absolute atomic E-state index is 13.4. The van der Waals surface area contributed by atoms with Gasteiger partial charge >= 0.3 is 5.97 Å². The molecule has 0 spiro atoms. The van der Waals surface area contributed by atoms with Gasteiger partial charge in [-0.05, 0) is 24.3 Å². The first-order valence-corrected chi connectivity index (χ1v) is 6.71. The van der Waals surface area contributed by atoms with Gasteiger partial charge in [0.05, 0.1) is 0 Å². The average Bonchev–Trinajstić information content (AvgIpc) is 2.90. The molecule has 23 heavy (non-hydrogen) atoms. The molecule has 1 aromatic heterocycles. The van der Waals surface area contributed by atoms with Gasteiger partial charge in [0.2, 0.25) is 0 Å². The number of carboxylic acid groups (broad SMARTS) is 1. The van der Waals surface area contributed by atoms with Crippen molar-refractivity contribution in [2.45, 2.75) is 6.54 Å². The van der Waals surface area contributed by atoms with E-state index < -0.39 is 24.1 Å². The third kappa shape index (κ3) is 3.23. The second kappa shape index (κ2) is 5.96. The number of halogens is 2. The number of carboxylic acids is 1. The predicted octanol–water partition coefficient (Wildman–Crippen LogP) is 2.97. The van der Waals surface area contributed by atoms with Crippen LogP contribution in [0.1, 0.15) is 0 Å². The molecule has 0 unspecified atom stereocenters. The molecule has 5 nitrogen and oxygen atoms in total. The van der Waals surface area contributed by atoms with Gasteiger partial charge in [0.15, 0.2) is 11.6 Å². The van der Waals surface area contributed by atoms with Crippen molar-refractivity contribution in [3.63, 3.8) is 0 Å². The first kappa shape index (κ1) is 14.8. The Labute approximate surface area is 129 Å². The number of aliphatic carboxylic acids is 1. The van der Waals surface area contributed by atoms with Crippen molar-refractivity contribution in [3.8, 4) is 22.8 Å². The molecule has 0 amide bonds. The second-order valence-electron chi connectivity index (χ2n) is 4.83. The molecule has 3 aromatic rings. The minimum Gasteiger partial charge on any atom is -0.480 e. The highest BCUT2D eigenvalue weighted by Gasteiger charge is 2.16. The lowest BCUT2D eigenvalue weighted by atomic mass is 10.2. The SMILES string of the molecule is O=C(O)Cn1nc(-c2cccc(F)c2)nc1-c1cccc(F)c1. The lowest BCUT2D eigenvalue weighted by molar-refractivity contribution is -0.137. The summed E-state index contributed by atoms with van der Waals surface area (Å²) in [7, 11) is 0. The first-order valence-electron chi connectivity index (χ1n) is 6.71. The number of rotatable bonds is 4. The summed E-state index contributed by atoms with van der Waals surface area (Å²) in [5.41, 5.74) is 0.799. The van der Waals surface area contributed by atoms with Gasteiger partial charge in [-0.2, -0.15) is 0 Å². The second-order valence-corrected chi connectivity index (χ2v) is 4.83. The molecule has 3 rings (SSSR count). The number of aromatic nitrogens is 3. The molecular weight excluding hydrogens is 304 g/mol. The third-order valence-corrected chi connectivity index (χ3v) is 3.12. The van der Waals surface area contributed by atoms with Crippen molar-refractivity contribution in [3.05, 3.63) is 60.2 Å². The lowest BCUT2D eigenvalue weighted by Crippen LogP contribution is -2.11. The van der Waals surface area contributed by atoms with E-state index in [0.717, 1.165) is 4.68 Å². The molecular formula is C16H11F2N3O2. The van der Waals surface area contributed by atoms with Crippen molar-refractivity contribution in [2.75, 3.05) is 0 Å². The van der Waals surface area contributed by atoms with Crippen LogP contribution < -0.4 is 0 Å². The van der Waals surface area contributed by atoms with Crippen LogP contribution in [0.5, 0.6) is 0 Å². The Morgan fingerprint density at radius 1 is 1.04 bits per heavy atom. The zero-order chi connectivity index (χ0) is 16.4. The van der Waals surface area contributed by atoms with Crippen molar-refractivity contribution < 1.29 is 18.7 Å². The minimum absolute atomic E-state index is 0.171. The van der Waals surface area contributed by atoms with E-state index in [9.17, 15) is 13.6 Å². The van der Waals surface area contributed by atoms with Crippen LogP contribution in [0.2, 0.25) is 0 Å². The lowest BCUT2D eigenvalue weighted by Gasteiger charge is -2.02. The minimum atomic E-state index is -1.11. The monoisotopic (exact) mass is 315 g/mol. The molecule has 116 valence electrons. The molecule has 0 aliphatic carbocycles. The Balaban J connectivity index is 2.12. The van der Waals surface area contributed by atoms with Crippen molar-refractivity contribution in [1.29, 1.82) is 0 Å². The predicted molar refractivity (Wildman–Crippen MR) is 78.4 cm³/mol. The van der Waals surface area contributed by atoms with Gasteiger partial charge in [0.25, 0.3) is 0 Å². The third-order valence-electron chi connectivity index (χ3n) is 3.12. The van der Waals surface area contributed by atoms with Crippen molar-refractivity contribution >= 4 is 5.97 Å². The molecule has 0 aliphatic heterocycles. The first-order chi connectivity index (χ1) is 11.0. The van der Waals surface area contributed by atoms with Crippen LogP contribution in [0.3, 0.4) is 0 Å². The van der Waals surface area contributed by atoms with Crippen molar-refractivity contribution in [2.24, 2.45) is 0 Å². The van der Waals surface area contributed by atoms with Gasteiger partial charge in [0, 0.05) is 11.1 Å². The van der Waals surface area contributed by atoms with Gasteiger partial charge in [-0.15, -0.1) is 5.10 Å². The van der Waals surface area contributed by atoms with Crippen LogP contribution in [-0.4, -0.2) is 25.8 Å². The van der Waals surface area contributed by atoms with Crippen LogP contribution in [0.4, 0.5) is 8.78 Å². The number of hydrogen-bond donors (Lipinski definition) is 1. The maximum atomic E-state index is 13.4. The molecule has 0 radical (unpaired) electrons. The highest BCUT2D eigenvalue weighted by Crippen LogP contribution is 2.23. The van der Waals surface area contributed by atoms with E-state index in [1.54, 1.807) is 12.1 Å². The topological polar surface area (TPSA) is 68.0 Å². The van der Waals surface area contributed by atoms with E-state index in [1.165, 1.54) is 36.4 Å². The summed E-state index contributed by atoms with van der Waals surface area (Å²) in [6.07, 6.45) is 0. The Morgan fingerprint density at radius 2 is 1.65 bits per heavy atom. The van der Waals surface area contributed by atoms with E-state index in [2.05, 4.69) is 10.1 Å². The molecule has 7 heteroatoms. The quantitative estimate of drug-likeness (QED) is 0.803. The number of benzene rings is 2. The summed E-state index contributed by atoms with van der Waals surface area (Å²) >= 11 is 0. The van der Waals surface area contributed by atoms with Gasteiger partial charge < -0.3 is 5.11 Å². The number of hydrogen-bond acceptors (Lipinski definition) is 3. The fourth-order valence-corrected chi connectivity index (χ4v) is 2.17. The largest absolute Gasteiger partial charge is 0.480 e. The normalized spacial score (nSPS) is 10.7. The molecule has 0 saturated carbocycles. The van der Waals surface area contributed by atoms with Crippen LogP contribution in [0.15, 0.2) is 48.5 Å². The molecule has 0 fully saturated rings. The van der Waals surface area contributed by atoms with Crippen LogP contribution >= 0.6 is 0 Å². The smallest absolute Gasteiger partial charge is 0.325 e. The standard InChI is InChI=1S/C16H11F2N3O2/c17-12-5-1-3-10(7-12)15-19-16(21(20-15)9-14(22)23)11-4-2-6-13(18)8-11/h1-8H,9H2,(H,22,23). The van der Waals surface area contributed by atoms with Crippen LogP contribution in [-0.2, 0) is 11.3 Å². The Bertz CT molecular complexity index is 877. The van der Waals surface area contributed by atoms with Gasteiger partial charge in [0.1, 0.15) is 18.2 Å². The van der Waals surface area contributed by atoms with Crippen LogP contribution in [0.25, 0.3) is 22.8 Å². The molecule has 1 heterocycles. The summed E-state index contributed by atoms with van der Waals surface area (Å²) in [5, 5.41) is 13.1. The highest BCUT2D eigenvalue weighted by atomic mass is 19.1. The zero-order valence-electron chi connectivity index (χ0n) is 11.8. The summed E-state index contributed by atoms with van der Waals surface area (Å²) < 4.78 is 27.9. The van der Waals surface area contributed by atoms with Crippen molar-refractivity contribution in [1.82, 2.24) is 14.8 Å². The van der Waals surface area contributed by atoms with Gasteiger partial charge in [-0.3, -0.25) is 4.79 Å². The van der Waals surface area contributed by atoms with E-state index in [4.69, 9.17) is 5.11 Å². The van der Waals surface area contributed by atoms with E-state index >= 15 is 0 Å². The molecule has 0 aliphatic rings. The average molecular weight is 315 g/mol. The maximum Gasteiger partial charge on any atom is 0.325 e. The van der Waals surface area contributed by atoms with E-state index in [-0.39, 0.29) is 11.6 Å². The molecule has 2 aromatic carbocycles. The Morgan fingerprint density at radius 3 is 2.26 bits per heavy atom. The molecule has 1 N–H and O–H groups in total.